The molecule has 0 atom stereocenters. The third-order valence-corrected chi connectivity index (χ3v) is 3.89. The summed E-state index contributed by atoms with van der Waals surface area (Å²) in [6.07, 6.45) is 2.25. The Morgan fingerprint density at radius 3 is 2.58 bits per heavy atom. The van der Waals surface area contributed by atoms with Crippen molar-refractivity contribution in [2.24, 2.45) is 5.92 Å². The smallest absolute Gasteiger partial charge is 0.295 e. The fraction of sp³-hybridized carbons (Fsp3) is 0.417. The van der Waals surface area contributed by atoms with Crippen LogP contribution in [0.25, 0.3) is 0 Å². The number of benzene rings is 1. The highest BCUT2D eigenvalue weighted by molar-refractivity contribution is 9.10. The molecule has 0 amide bonds. The SMILES string of the molecule is O=CC1CCN(c2cc(Br)c(F)cc2[N+](=O)[O-])CC1. The lowest BCUT2D eigenvalue weighted by atomic mass is 9.98. The monoisotopic (exact) mass is 330 g/mol. The molecule has 1 fully saturated rings. The molecular weight excluding hydrogens is 319 g/mol. The molecule has 0 unspecified atom stereocenters. The van der Waals surface area contributed by atoms with Crippen LogP contribution in [0.4, 0.5) is 15.8 Å². The van der Waals surface area contributed by atoms with Crippen LogP contribution in [0.3, 0.4) is 0 Å². The van der Waals surface area contributed by atoms with E-state index in [9.17, 15) is 19.3 Å². The zero-order chi connectivity index (χ0) is 14.0. The van der Waals surface area contributed by atoms with Gasteiger partial charge in [0.1, 0.15) is 17.8 Å². The van der Waals surface area contributed by atoms with Gasteiger partial charge in [-0.25, -0.2) is 4.39 Å². The molecule has 7 heteroatoms. The van der Waals surface area contributed by atoms with Gasteiger partial charge in [-0.1, -0.05) is 0 Å². The topological polar surface area (TPSA) is 63.5 Å². The fourth-order valence-corrected chi connectivity index (χ4v) is 2.53. The number of rotatable bonds is 3. The maximum absolute atomic E-state index is 13.4. The third kappa shape index (κ3) is 2.91. The van der Waals surface area contributed by atoms with Crippen molar-refractivity contribution in [2.75, 3.05) is 18.0 Å². The summed E-state index contributed by atoms with van der Waals surface area (Å²) in [5.74, 6) is -0.641. The second-order valence-corrected chi connectivity index (χ2v) is 5.33. The number of aldehydes is 1. The largest absolute Gasteiger partial charge is 0.366 e. The number of carbonyl (C=O) groups excluding carboxylic acids is 1. The van der Waals surface area contributed by atoms with E-state index in [1.807, 2.05) is 4.90 Å². The third-order valence-electron chi connectivity index (χ3n) is 3.29. The first-order valence-electron chi connectivity index (χ1n) is 5.86. The van der Waals surface area contributed by atoms with Crippen molar-refractivity contribution in [3.05, 3.63) is 32.5 Å². The lowest BCUT2D eigenvalue weighted by Crippen LogP contribution is -2.34. The lowest BCUT2D eigenvalue weighted by molar-refractivity contribution is -0.384. The molecule has 1 aliphatic rings. The molecule has 1 heterocycles. The van der Waals surface area contributed by atoms with E-state index < -0.39 is 10.7 Å². The van der Waals surface area contributed by atoms with Gasteiger partial charge in [0.25, 0.3) is 5.69 Å². The highest BCUT2D eigenvalue weighted by Crippen LogP contribution is 2.35. The van der Waals surface area contributed by atoms with Crippen molar-refractivity contribution in [3.8, 4) is 0 Å². The summed E-state index contributed by atoms with van der Waals surface area (Å²) in [4.78, 5) is 22.9. The van der Waals surface area contributed by atoms with Crippen LogP contribution in [0.15, 0.2) is 16.6 Å². The van der Waals surface area contributed by atoms with E-state index in [0.29, 0.717) is 31.6 Å². The minimum absolute atomic E-state index is 0.0131. The number of nitrogens with zero attached hydrogens (tertiary/aromatic N) is 2. The average Bonchev–Trinajstić information content (AvgIpc) is 2.41. The first-order chi connectivity index (χ1) is 9.02. The second kappa shape index (κ2) is 5.64. The number of nitro benzene ring substituents is 1. The number of piperidine rings is 1. The lowest BCUT2D eigenvalue weighted by Gasteiger charge is -2.31. The molecule has 0 aromatic heterocycles. The van der Waals surface area contributed by atoms with Crippen molar-refractivity contribution in [2.45, 2.75) is 12.8 Å². The first kappa shape index (κ1) is 13.9. The Bertz CT molecular complexity index is 516. The Labute approximate surface area is 117 Å². The molecule has 1 saturated heterocycles. The summed E-state index contributed by atoms with van der Waals surface area (Å²) in [5.41, 5.74) is 0.146. The van der Waals surface area contributed by atoms with Crippen molar-refractivity contribution in [1.82, 2.24) is 0 Å². The Balaban J connectivity index is 2.31. The Morgan fingerprint density at radius 2 is 2.05 bits per heavy atom. The van der Waals surface area contributed by atoms with Crippen LogP contribution < -0.4 is 4.90 Å². The van der Waals surface area contributed by atoms with Gasteiger partial charge in [-0.05, 0) is 34.8 Å². The van der Waals surface area contributed by atoms with E-state index >= 15 is 0 Å². The molecule has 1 aromatic rings. The molecule has 2 rings (SSSR count). The van der Waals surface area contributed by atoms with Gasteiger partial charge in [-0.2, -0.15) is 0 Å². The van der Waals surface area contributed by atoms with Gasteiger partial charge >= 0.3 is 0 Å². The van der Waals surface area contributed by atoms with Crippen LogP contribution >= 0.6 is 15.9 Å². The van der Waals surface area contributed by atoms with Gasteiger partial charge < -0.3 is 9.69 Å². The number of hydrogen-bond donors (Lipinski definition) is 0. The van der Waals surface area contributed by atoms with Crippen LogP contribution in [-0.2, 0) is 4.79 Å². The molecule has 19 heavy (non-hydrogen) atoms. The maximum Gasteiger partial charge on any atom is 0.295 e. The standard InChI is InChI=1S/C12H12BrFN2O3/c13-9-5-11(12(16(18)19)6-10(9)14)15-3-1-8(7-17)2-4-15/h5-8H,1-4H2. The van der Waals surface area contributed by atoms with E-state index in [0.717, 1.165) is 12.4 Å². The van der Waals surface area contributed by atoms with Crippen LogP contribution in [-0.4, -0.2) is 24.3 Å². The summed E-state index contributed by atoms with van der Waals surface area (Å²) < 4.78 is 13.6. The van der Waals surface area contributed by atoms with Crippen LogP contribution in [0.5, 0.6) is 0 Å². The summed E-state index contributed by atoms with van der Waals surface area (Å²) in [6.45, 7) is 1.12. The van der Waals surface area contributed by atoms with Gasteiger partial charge in [0.2, 0.25) is 0 Å². The molecule has 0 radical (unpaired) electrons. The summed E-state index contributed by atoms with van der Waals surface area (Å²) in [7, 11) is 0. The molecule has 0 bridgehead atoms. The Hall–Kier alpha value is -1.50. The summed E-state index contributed by atoms with van der Waals surface area (Å²) in [5, 5.41) is 11.0. The van der Waals surface area contributed by atoms with Gasteiger partial charge in [-0.3, -0.25) is 10.1 Å². The molecule has 1 aliphatic heterocycles. The number of nitro groups is 1. The van der Waals surface area contributed by atoms with Crippen LogP contribution in [0.1, 0.15) is 12.8 Å². The predicted molar refractivity (Wildman–Crippen MR) is 71.8 cm³/mol. The zero-order valence-electron chi connectivity index (χ0n) is 10.0. The molecular formula is C12H12BrFN2O3. The number of carbonyl (C=O) groups is 1. The van der Waals surface area contributed by atoms with E-state index in [4.69, 9.17) is 0 Å². The molecule has 0 spiro atoms. The van der Waals surface area contributed by atoms with E-state index in [2.05, 4.69) is 15.9 Å². The normalized spacial score (nSPS) is 16.4. The van der Waals surface area contributed by atoms with Crippen molar-refractivity contribution < 1.29 is 14.1 Å². The molecule has 5 nitrogen and oxygen atoms in total. The van der Waals surface area contributed by atoms with Crippen molar-refractivity contribution in [3.63, 3.8) is 0 Å². The van der Waals surface area contributed by atoms with Gasteiger partial charge in [0.05, 0.1) is 15.5 Å². The molecule has 0 aliphatic carbocycles. The van der Waals surface area contributed by atoms with Crippen LogP contribution in [0, 0.1) is 21.8 Å². The van der Waals surface area contributed by atoms with Gasteiger partial charge in [0, 0.05) is 19.0 Å². The number of anilines is 1. The fourth-order valence-electron chi connectivity index (χ4n) is 2.20. The van der Waals surface area contributed by atoms with Crippen LogP contribution in [0.2, 0.25) is 0 Å². The number of halogens is 2. The minimum Gasteiger partial charge on any atom is -0.366 e. The predicted octanol–water partition coefficient (Wildman–Crippen LogP) is 2.91. The zero-order valence-corrected chi connectivity index (χ0v) is 11.6. The highest BCUT2D eigenvalue weighted by Gasteiger charge is 2.26. The van der Waals surface area contributed by atoms with Crippen molar-refractivity contribution >= 4 is 33.6 Å². The van der Waals surface area contributed by atoms with Gasteiger partial charge in [-0.15, -0.1) is 0 Å². The number of hydrogen-bond acceptors (Lipinski definition) is 4. The summed E-state index contributed by atoms with van der Waals surface area (Å²) >= 11 is 3.04. The molecule has 0 saturated carbocycles. The van der Waals surface area contributed by atoms with E-state index in [1.165, 1.54) is 6.07 Å². The van der Waals surface area contributed by atoms with Gasteiger partial charge in [0.15, 0.2) is 0 Å². The summed E-state index contributed by atoms with van der Waals surface area (Å²) in [6, 6.07) is 2.35. The quantitative estimate of drug-likeness (QED) is 0.485. The average molecular weight is 331 g/mol. The first-order valence-corrected chi connectivity index (χ1v) is 6.66. The maximum atomic E-state index is 13.4. The molecule has 1 aromatic carbocycles. The van der Waals surface area contributed by atoms with E-state index in [1.54, 1.807) is 0 Å². The van der Waals surface area contributed by atoms with E-state index in [-0.39, 0.29) is 16.1 Å². The second-order valence-electron chi connectivity index (χ2n) is 4.47. The molecule has 0 N–H and O–H groups in total. The Morgan fingerprint density at radius 1 is 1.42 bits per heavy atom. The minimum atomic E-state index is -0.654. The Kier molecular flexibility index (Phi) is 4.14. The highest BCUT2D eigenvalue weighted by atomic mass is 79.9. The molecule has 102 valence electrons. The van der Waals surface area contributed by atoms with Crippen molar-refractivity contribution in [1.29, 1.82) is 0 Å².